The van der Waals surface area contributed by atoms with Crippen molar-refractivity contribution in [2.24, 2.45) is 0 Å². The van der Waals surface area contributed by atoms with Crippen LogP contribution in [0.2, 0.25) is 0 Å². The zero-order valence-electron chi connectivity index (χ0n) is 15.0. The first-order valence-corrected chi connectivity index (χ1v) is 8.02. The number of nitrogens with one attached hydrogen (secondary N) is 1. The number of nitrogen functional groups attached to an aromatic ring is 1. The fraction of sp³-hybridized carbons (Fsp3) is 0.222. The molecule has 0 aliphatic heterocycles. The van der Waals surface area contributed by atoms with Crippen LogP contribution >= 0.6 is 0 Å². The maximum Gasteiger partial charge on any atom is 0.340 e. The van der Waals surface area contributed by atoms with Crippen molar-refractivity contribution in [2.75, 3.05) is 31.3 Å². The topological polar surface area (TPSA) is 128 Å². The van der Waals surface area contributed by atoms with E-state index in [1.807, 2.05) is 43.3 Å². The number of amides is 1. The van der Waals surface area contributed by atoms with Crippen molar-refractivity contribution in [1.82, 2.24) is 5.32 Å². The molecule has 0 aliphatic rings. The molecule has 0 heterocycles. The van der Waals surface area contributed by atoms with Gasteiger partial charge < -0.3 is 20.7 Å². The second-order valence-corrected chi connectivity index (χ2v) is 5.94. The Morgan fingerprint density at radius 3 is 2.41 bits per heavy atom. The van der Waals surface area contributed by atoms with Crippen molar-refractivity contribution >= 4 is 28.9 Å². The van der Waals surface area contributed by atoms with Gasteiger partial charge in [-0.3, -0.25) is 14.9 Å². The molecule has 0 fully saturated rings. The highest BCUT2D eigenvalue weighted by Crippen LogP contribution is 2.20. The molecule has 142 valence electrons. The molecule has 0 spiro atoms. The number of carbonyl (C=O) groups is 2. The Kier molecular flexibility index (Phi) is 6.32. The highest BCUT2D eigenvalue weighted by atomic mass is 16.6. The molecular formula is C18H20N4O5. The van der Waals surface area contributed by atoms with E-state index in [1.54, 1.807) is 0 Å². The normalized spacial score (nSPS) is 10.1. The van der Waals surface area contributed by atoms with Crippen LogP contribution < -0.4 is 16.0 Å². The van der Waals surface area contributed by atoms with E-state index >= 15 is 0 Å². The molecule has 3 N–H and O–H groups in total. The maximum atomic E-state index is 12.0. The first kappa shape index (κ1) is 19.7. The number of nitro benzene ring substituents is 1. The van der Waals surface area contributed by atoms with Crippen LogP contribution in [0.25, 0.3) is 0 Å². The van der Waals surface area contributed by atoms with E-state index in [1.165, 1.54) is 6.07 Å². The third-order valence-corrected chi connectivity index (χ3v) is 3.74. The summed E-state index contributed by atoms with van der Waals surface area (Å²) >= 11 is 0. The van der Waals surface area contributed by atoms with Crippen LogP contribution in [0, 0.1) is 10.1 Å². The molecule has 0 radical (unpaired) electrons. The number of nitrogens with zero attached hydrogens (tertiary/aromatic N) is 2. The lowest BCUT2D eigenvalue weighted by atomic mass is 10.1. The van der Waals surface area contributed by atoms with Gasteiger partial charge in [0.1, 0.15) is 0 Å². The number of nitrogens with two attached hydrogens (primary N) is 1. The number of ether oxygens (including phenoxy) is 1. The summed E-state index contributed by atoms with van der Waals surface area (Å²) < 4.78 is 4.90. The molecule has 0 unspecified atom stereocenters. The van der Waals surface area contributed by atoms with Crippen LogP contribution in [0.15, 0.2) is 42.5 Å². The second-order valence-electron chi connectivity index (χ2n) is 5.94. The van der Waals surface area contributed by atoms with Gasteiger partial charge in [-0.05, 0) is 23.8 Å². The van der Waals surface area contributed by atoms with Crippen LogP contribution in [-0.2, 0) is 16.1 Å². The largest absolute Gasteiger partial charge is 0.452 e. The standard InChI is InChI=1S/C18H20N4O5/c1-21(2)13-5-3-12(4-6-13)10-20-17(23)11-27-18(24)15-8-7-14(22(25)26)9-16(15)19/h3-9H,10-11,19H2,1-2H3,(H,20,23). The highest BCUT2D eigenvalue weighted by molar-refractivity contribution is 5.96. The van der Waals surface area contributed by atoms with E-state index in [2.05, 4.69) is 5.32 Å². The molecule has 0 saturated carbocycles. The summed E-state index contributed by atoms with van der Waals surface area (Å²) in [6.07, 6.45) is 0. The van der Waals surface area contributed by atoms with Gasteiger partial charge in [-0.15, -0.1) is 0 Å². The van der Waals surface area contributed by atoms with Crippen LogP contribution in [0.5, 0.6) is 0 Å². The van der Waals surface area contributed by atoms with Crippen molar-refractivity contribution in [1.29, 1.82) is 0 Å². The van der Waals surface area contributed by atoms with Crippen LogP contribution in [0.1, 0.15) is 15.9 Å². The number of nitro groups is 1. The fourth-order valence-corrected chi connectivity index (χ4v) is 2.22. The van der Waals surface area contributed by atoms with Crippen molar-refractivity contribution in [3.05, 3.63) is 63.7 Å². The van der Waals surface area contributed by atoms with Crippen LogP contribution in [-0.4, -0.2) is 37.5 Å². The molecule has 0 bridgehead atoms. The first-order valence-electron chi connectivity index (χ1n) is 8.02. The predicted molar refractivity (Wildman–Crippen MR) is 100 cm³/mol. The molecule has 9 heteroatoms. The number of rotatable bonds is 7. The molecule has 27 heavy (non-hydrogen) atoms. The lowest BCUT2D eigenvalue weighted by Gasteiger charge is -2.13. The minimum Gasteiger partial charge on any atom is -0.452 e. The third kappa shape index (κ3) is 5.43. The molecular weight excluding hydrogens is 352 g/mol. The van der Waals surface area contributed by atoms with Gasteiger partial charge >= 0.3 is 5.97 Å². The van der Waals surface area contributed by atoms with Crippen molar-refractivity contribution < 1.29 is 19.2 Å². The summed E-state index contributed by atoms with van der Waals surface area (Å²) in [5.74, 6) is -1.30. The van der Waals surface area contributed by atoms with Gasteiger partial charge in [0.05, 0.1) is 16.2 Å². The zero-order valence-corrected chi connectivity index (χ0v) is 15.0. The van der Waals surface area contributed by atoms with Crippen LogP contribution in [0.4, 0.5) is 17.1 Å². The summed E-state index contributed by atoms with van der Waals surface area (Å²) in [5, 5.41) is 13.3. The molecule has 1 amide bonds. The minimum absolute atomic E-state index is 0.0346. The highest BCUT2D eigenvalue weighted by Gasteiger charge is 2.16. The Morgan fingerprint density at radius 2 is 1.85 bits per heavy atom. The number of anilines is 2. The first-order chi connectivity index (χ1) is 12.8. The summed E-state index contributed by atoms with van der Waals surface area (Å²) in [5.41, 5.74) is 7.21. The Morgan fingerprint density at radius 1 is 1.19 bits per heavy atom. The number of carbonyl (C=O) groups excluding carboxylic acids is 2. The van der Waals surface area contributed by atoms with E-state index < -0.39 is 23.4 Å². The Bertz CT molecular complexity index is 849. The van der Waals surface area contributed by atoms with Gasteiger partial charge in [0.15, 0.2) is 6.61 Å². The predicted octanol–water partition coefficient (Wildman–Crippen LogP) is 1.72. The van der Waals surface area contributed by atoms with Gasteiger partial charge in [-0.1, -0.05) is 12.1 Å². The lowest BCUT2D eigenvalue weighted by molar-refractivity contribution is -0.384. The molecule has 0 atom stereocenters. The SMILES string of the molecule is CN(C)c1ccc(CNC(=O)COC(=O)c2ccc([N+](=O)[O-])cc2N)cc1. The third-order valence-electron chi connectivity index (χ3n) is 3.74. The second kappa shape index (κ2) is 8.65. The molecule has 2 rings (SSSR count). The Balaban J connectivity index is 1.84. The summed E-state index contributed by atoms with van der Waals surface area (Å²) in [4.78, 5) is 35.8. The van der Waals surface area contributed by atoms with E-state index in [0.29, 0.717) is 6.54 Å². The Hall–Kier alpha value is -3.62. The van der Waals surface area contributed by atoms with Gasteiger partial charge in [0.2, 0.25) is 0 Å². The van der Waals surface area contributed by atoms with Gasteiger partial charge in [-0.25, -0.2) is 4.79 Å². The van der Waals surface area contributed by atoms with E-state index in [9.17, 15) is 19.7 Å². The fourth-order valence-electron chi connectivity index (χ4n) is 2.22. The average molecular weight is 372 g/mol. The van der Waals surface area contributed by atoms with E-state index in [4.69, 9.17) is 10.5 Å². The number of hydrogen-bond donors (Lipinski definition) is 2. The monoisotopic (exact) mass is 372 g/mol. The van der Waals surface area contributed by atoms with E-state index in [-0.39, 0.29) is 16.9 Å². The summed E-state index contributed by atoms with van der Waals surface area (Å²) in [7, 11) is 3.87. The molecule has 2 aromatic rings. The van der Waals surface area contributed by atoms with Crippen LogP contribution in [0.3, 0.4) is 0 Å². The van der Waals surface area contributed by atoms with Crippen molar-refractivity contribution in [2.45, 2.75) is 6.54 Å². The zero-order chi connectivity index (χ0) is 20.0. The number of benzene rings is 2. The smallest absolute Gasteiger partial charge is 0.340 e. The van der Waals surface area contributed by atoms with Crippen molar-refractivity contribution in [3.63, 3.8) is 0 Å². The number of non-ortho nitro benzene ring substituents is 1. The summed E-state index contributed by atoms with van der Waals surface area (Å²) in [6.45, 7) is -0.186. The van der Waals surface area contributed by atoms with Crippen molar-refractivity contribution in [3.8, 4) is 0 Å². The van der Waals surface area contributed by atoms with Gasteiger partial charge in [-0.2, -0.15) is 0 Å². The molecule has 0 aliphatic carbocycles. The van der Waals surface area contributed by atoms with Gasteiger partial charge in [0, 0.05) is 38.5 Å². The lowest BCUT2D eigenvalue weighted by Crippen LogP contribution is -2.28. The molecule has 0 aromatic heterocycles. The Labute approximate surface area is 155 Å². The van der Waals surface area contributed by atoms with Gasteiger partial charge in [0.25, 0.3) is 11.6 Å². The number of hydrogen-bond acceptors (Lipinski definition) is 7. The quantitative estimate of drug-likeness (QED) is 0.328. The average Bonchev–Trinajstić information content (AvgIpc) is 2.64. The van der Waals surface area contributed by atoms with E-state index in [0.717, 1.165) is 23.4 Å². The molecule has 0 saturated heterocycles. The molecule has 9 nitrogen and oxygen atoms in total. The minimum atomic E-state index is -0.826. The summed E-state index contributed by atoms with van der Waals surface area (Å²) in [6, 6.07) is 11.0. The molecule has 2 aromatic carbocycles. The number of esters is 1. The maximum absolute atomic E-state index is 12.0.